The molecular weight excluding hydrogens is 316 g/mol. The van der Waals surface area contributed by atoms with Gasteiger partial charge in [0.15, 0.2) is 0 Å². The van der Waals surface area contributed by atoms with E-state index in [0.717, 1.165) is 31.4 Å². The first-order valence-electron chi connectivity index (χ1n) is 9.29. The van der Waals surface area contributed by atoms with Gasteiger partial charge in [0.2, 0.25) is 11.8 Å². The largest absolute Gasteiger partial charge is 0.394 e. The zero-order valence-electron chi connectivity index (χ0n) is 15.3. The van der Waals surface area contributed by atoms with Crippen molar-refractivity contribution in [2.24, 2.45) is 11.8 Å². The van der Waals surface area contributed by atoms with E-state index in [0.29, 0.717) is 13.0 Å². The van der Waals surface area contributed by atoms with E-state index in [1.807, 2.05) is 49.1 Å². The Labute approximate surface area is 150 Å². The van der Waals surface area contributed by atoms with Gasteiger partial charge in [-0.05, 0) is 31.2 Å². The molecule has 138 valence electrons. The molecule has 5 nitrogen and oxygen atoms in total. The van der Waals surface area contributed by atoms with Gasteiger partial charge in [-0.1, -0.05) is 44.2 Å². The summed E-state index contributed by atoms with van der Waals surface area (Å²) in [7, 11) is 0. The molecule has 2 rings (SSSR count). The van der Waals surface area contributed by atoms with Gasteiger partial charge < -0.3 is 15.3 Å². The van der Waals surface area contributed by atoms with Gasteiger partial charge in [-0.3, -0.25) is 9.59 Å². The Morgan fingerprint density at radius 1 is 1.32 bits per heavy atom. The number of rotatable bonds is 7. The van der Waals surface area contributed by atoms with Crippen molar-refractivity contribution >= 4 is 11.8 Å². The molecule has 0 unspecified atom stereocenters. The van der Waals surface area contributed by atoms with Crippen LogP contribution in [0.5, 0.6) is 0 Å². The van der Waals surface area contributed by atoms with Crippen LogP contribution in [0.1, 0.15) is 38.7 Å². The molecule has 1 aromatic carbocycles. The van der Waals surface area contributed by atoms with E-state index in [9.17, 15) is 14.7 Å². The third-order valence-electron chi connectivity index (χ3n) is 5.03. The zero-order chi connectivity index (χ0) is 18.2. The Hall–Kier alpha value is -1.88. The fraction of sp³-hybridized carbons (Fsp3) is 0.600. The van der Waals surface area contributed by atoms with Gasteiger partial charge in [0, 0.05) is 19.0 Å². The van der Waals surface area contributed by atoms with Crippen molar-refractivity contribution in [1.82, 2.24) is 10.2 Å². The minimum absolute atomic E-state index is 0.00471. The molecule has 1 aliphatic heterocycles. The van der Waals surface area contributed by atoms with E-state index in [4.69, 9.17) is 0 Å². The molecule has 2 N–H and O–H groups in total. The lowest BCUT2D eigenvalue weighted by atomic mass is 9.95. The van der Waals surface area contributed by atoms with Crippen LogP contribution in [0.25, 0.3) is 0 Å². The summed E-state index contributed by atoms with van der Waals surface area (Å²) in [5.74, 6) is -0.101. The molecule has 2 amide bonds. The molecule has 0 bridgehead atoms. The lowest BCUT2D eigenvalue weighted by Gasteiger charge is -2.34. The lowest BCUT2D eigenvalue weighted by molar-refractivity contribution is -0.139. The van der Waals surface area contributed by atoms with E-state index in [1.165, 1.54) is 0 Å². The van der Waals surface area contributed by atoms with E-state index >= 15 is 0 Å². The Morgan fingerprint density at radius 3 is 2.68 bits per heavy atom. The Balaban J connectivity index is 1.91. The molecule has 0 radical (unpaired) electrons. The summed E-state index contributed by atoms with van der Waals surface area (Å²) in [5, 5.41) is 12.6. The maximum Gasteiger partial charge on any atom is 0.225 e. The van der Waals surface area contributed by atoms with E-state index in [1.54, 1.807) is 0 Å². The summed E-state index contributed by atoms with van der Waals surface area (Å²) in [5.41, 5.74) is 1.08. The molecule has 5 heteroatoms. The standard InChI is InChI=1S/C20H30N2O3/c1-3-15(2)20(25)22-11-7-10-17(13-22)19(24)21-18(14-23)12-16-8-5-4-6-9-16/h4-6,8-9,15,17-18,23H,3,7,10-14H2,1-2H3,(H,21,24)/t15-,17-,18-/m0/s1. The topological polar surface area (TPSA) is 69.6 Å². The minimum atomic E-state index is -0.296. The number of benzene rings is 1. The van der Waals surface area contributed by atoms with E-state index in [-0.39, 0.29) is 36.3 Å². The number of hydrogen-bond donors (Lipinski definition) is 2. The maximum atomic E-state index is 12.6. The Bertz CT molecular complexity index is 561. The molecule has 0 saturated carbocycles. The number of piperidine rings is 1. The van der Waals surface area contributed by atoms with Crippen molar-refractivity contribution in [3.05, 3.63) is 35.9 Å². The maximum absolute atomic E-state index is 12.6. The first kappa shape index (κ1) is 19.4. The highest BCUT2D eigenvalue weighted by Gasteiger charge is 2.30. The normalized spacial score (nSPS) is 20.0. The molecule has 0 aromatic heterocycles. The van der Waals surface area contributed by atoms with Crippen molar-refractivity contribution < 1.29 is 14.7 Å². The zero-order valence-corrected chi connectivity index (χ0v) is 15.3. The van der Waals surface area contributed by atoms with E-state index < -0.39 is 0 Å². The third-order valence-corrected chi connectivity index (χ3v) is 5.03. The smallest absolute Gasteiger partial charge is 0.225 e. The van der Waals surface area contributed by atoms with Crippen molar-refractivity contribution in [3.8, 4) is 0 Å². The summed E-state index contributed by atoms with van der Waals surface area (Å²) in [6, 6.07) is 9.52. The molecule has 0 aliphatic carbocycles. The highest BCUT2D eigenvalue weighted by molar-refractivity contribution is 5.82. The molecule has 1 aromatic rings. The number of aliphatic hydroxyl groups is 1. The Morgan fingerprint density at radius 2 is 2.04 bits per heavy atom. The molecule has 1 saturated heterocycles. The second kappa shape index (κ2) is 9.56. The highest BCUT2D eigenvalue weighted by Crippen LogP contribution is 2.20. The summed E-state index contributed by atoms with van der Waals surface area (Å²) >= 11 is 0. The Kier molecular flexibility index (Phi) is 7.44. The van der Waals surface area contributed by atoms with Gasteiger partial charge in [0.25, 0.3) is 0 Å². The lowest BCUT2D eigenvalue weighted by Crippen LogP contribution is -2.49. The number of hydrogen-bond acceptors (Lipinski definition) is 3. The molecule has 1 fully saturated rings. The second-order valence-corrected chi connectivity index (χ2v) is 7.01. The van der Waals surface area contributed by atoms with Crippen molar-refractivity contribution in [1.29, 1.82) is 0 Å². The van der Waals surface area contributed by atoms with Crippen molar-refractivity contribution in [2.45, 2.75) is 45.6 Å². The monoisotopic (exact) mass is 346 g/mol. The number of carbonyl (C=O) groups excluding carboxylic acids is 2. The van der Waals surface area contributed by atoms with Crippen LogP contribution in [0.15, 0.2) is 30.3 Å². The van der Waals surface area contributed by atoms with Gasteiger partial charge in [-0.2, -0.15) is 0 Å². The van der Waals surface area contributed by atoms with Crippen LogP contribution in [0.4, 0.5) is 0 Å². The van der Waals surface area contributed by atoms with Crippen molar-refractivity contribution in [3.63, 3.8) is 0 Å². The van der Waals surface area contributed by atoms with Crippen LogP contribution < -0.4 is 5.32 Å². The molecule has 1 aliphatic rings. The summed E-state index contributed by atoms with van der Waals surface area (Å²) in [6.45, 7) is 5.07. The van der Waals surface area contributed by atoms with Gasteiger partial charge in [-0.25, -0.2) is 0 Å². The van der Waals surface area contributed by atoms with Crippen LogP contribution in [-0.4, -0.2) is 47.6 Å². The number of nitrogens with one attached hydrogen (secondary N) is 1. The number of carbonyl (C=O) groups is 2. The number of amides is 2. The van der Waals surface area contributed by atoms with Crippen LogP contribution in [0, 0.1) is 11.8 Å². The van der Waals surface area contributed by atoms with Gasteiger partial charge in [0.05, 0.1) is 18.6 Å². The predicted octanol–water partition coefficient (Wildman–Crippen LogP) is 1.99. The second-order valence-electron chi connectivity index (χ2n) is 7.01. The molecule has 25 heavy (non-hydrogen) atoms. The van der Waals surface area contributed by atoms with Crippen LogP contribution in [0.3, 0.4) is 0 Å². The highest BCUT2D eigenvalue weighted by atomic mass is 16.3. The van der Waals surface area contributed by atoms with Crippen LogP contribution in [0.2, 0.25) is 0 Å². The van der Waals surface area contributed by atoms with Gasteiger partial charge in [-0.15, -0.1) is 0 Å². The average Bonchev–Trinajstić information content (AvgIpc) is 2.67. The number of likely N-dealkylation sites (tertiary alicyclic amines) is 1. The van der Waals surface area contributed by atoms with E-state index in [2.05, 4.69) is 5.32 Å². The quantitative estimate of drug-likeness (QED) is 0.793. The number of aliphatic hydroxyl groups excluding tert-OH is 1. The molecule has 3 atom stereocenters. The molecule has 0 spiro atoms. The fourth-order valence-electron chi connectivity index (χ4n) is 3.26. The van der Waals surface area contributed by atoms with Gasteiger partial charge >= 0.3 is 0 Å². The van der Waals surface area contributed by atoms with Crippen molar-refractivity contribution in [2.75, 3.05) is 19.7 Å². The summed E-state index contributed by atoms with van der Waals surface area (Å²) < 4.78 is 0. The first-order chi connectivity index (χ1) is 12.0. The first-order valence-corrected chi connectivity index (χ1v) is 9.29. The summed E-state index contributed by atoms with van der Waals surface area (Å²) in [6.07, 6.45) is 3.06. The predicted molar refractivity (Wildman–Crippen MR) is 97.9 cm³/mol. The fourth-order valence-corrected chi connectivity index (χ4v) is 3.26. The minimum Gasteiger partial charge on any atom is -0.394 e. The molecular formula is C20H30N2O3. The third kappa shape index (κ3) is 5.56. The number of nitrogens with zero attached hydrogens (tertiary/aromatic N) is 1. The van der Waals surface area contributed by atoms with Crippen LogP contribution >= 0.6 is 0 Å². The molecule has 1 heterocycles. The van der Waals surface area contributed by atoms with Gasteiger partial charge in [0.1, 0.15) is 0 Å². The summed E-state index contributed by atoms with van der Waals surface area (Å²) in [4.78, 5) is 26.8. The average molecular weight is 346 g/mol. The SMILES string of the molecule is CC[C@H](C)C(=O)N1CCC[C@H](C(=O)N[C@H](CO)Cc2ccccc2)C1. The van der Waals surface area contributed by atoms with Crippen LogP contribution in [-0.2, 0) is 16.0 Å².